The Kier molecular flexibility index (Phi) is 7.04. The molecule has 4 nitrogen and oxygen atoms in total. The second-order valence-electron chi connectivity index (χ2n) is 7.60. The van der Waals surface area contributed by atoms with Crippen LogP contribution in [-0.4, -0.2) is 42.0 Å². The Bertz CT molecular complexity index is 991. The van der Waals surface area contributed by atoms with Crippen LogP contribution in [0.2, 0.25) is 0 Å². The summed E-state index contributed by atoms with van der Waals surface area (Å²) in [7, 11) is 0. The number of aromatic nitrogens is 1. The van der Waals surface area contributed by atoms with Crippen LogP contribution < -0.4 is 4.90 Å². The van der Waals surface area contributed by atoms with E-state index in [1.165, 1.54) is 11.1 Å². The number of para-hydroxylation sites is 1. The number of hydrogen-bond acceptors (Lipinski definition) is 4. The molecule has 1 aromatic heterocycles. The first-order chi connectivity index (χ1) is 13.9. The number of thiazole rings is 1. The van der Waals surface area contributed by atoms with Crippen molar-refractivity contribution in [3.63, 3.8) is 0 Å². The fourth-order valence-corrected chi connectivity index (χ4v) is 4.69. The zero-order chi connectivity index (χ0) is 21.0. The zero-order valence-corrected chi connectivity index (χ0v) is 19.0. The highest BCUT2D eigenvalue weighted by Gasteiger charge is 2.21. The Hall–Kier alpha value is -2.24. The van der Waals surface area contributed by atoms with E-state index < -0.39 is 0 Å². The summed E-state index contributed by atoms with van der Waals surface area (Å²) in [6.45, 7) is 14.0. The van der Waals surface area contributed by atoms with Crippen molar-refractivity contribution in [2.75, 3.05) is 31.1 Å². The van der Waals surface area contributed by atoms with Gasteiger partial charge in [-0.2, -0.15) is 0 Å². The van der Waals surface area contributed by atoms with Crippen molar-refractivity contribution in [3.05, 3.63) is 58.7 Å². The lowest BCUT2D eigenvalue weighted by Crippen LogP contribution is -2.39. The summed E-state index contributed by atoms with van der Waals surface area (Å²) < 4.78 is 1.13. The van der Waals surface area contributed by atoms with Crippen LogP contribution in [0.1, 0.15) is 36.1 Å². The Morgan fingerprint density at radius 1 is 1.00 bits per heavy atom. The number of likely N-dealkylation sites (N-methyl/N-ethyl adjacent to an activating group) is 1. The maximum absolute atomic E-state index is 13.4. The molecule has 0 saturated heterocycles. The molecule has 0 N–H and O–H groups in total. The van der Waals surface area contributed by atoms with Crippen LogP contribution in [0.4, 0.5) is 5.13 Å². The van der Waals surface area contributed by atoms with Crippen molar-refractivity contribution in [1.82, 2.24) is 9.88 Å². The number of amides is 1. The van der Waals surface area contributed by atoms with Gasteiger partial charge in [0.05, 0.1) is 16.6 Å². The lowest BCUT2D eigenvalue weighted by molar-refractivity contribution is -0.118. The molecule has 0 saturated carbocycles. The van der Waals surface area contributed by atoms with Gasteiger partial charge in [-0.15, -0.1) is 0 Å². The van der Waals surface area contributed by atoms with E-state index in [-0.39, 0.29) is 5.91 Å². The topological polar surface area (TPSA) is 36.4 Å². The lowest BCUT2D eigenvalue weighted by atomic mass is 10.0. The molecule has 0 atom stereocenters. The van der Waals surface area contributed by atoms with Crippen LogP contribution >= 0.6 is 11.3 Å². The zero-order valence-electron chi connectivity index (χ0n) is 18.2. The van der Waals surface area contributed by atoms with E-state index in [0.717, 1.165) is 46.1 Å². The van der Waals surface area contributed by atoms with Crippen molar-refractivity contribution < 1.29 is 4.79 Å². The molecule has 0 spiro atoms. The molecule has 3 rings (SSSR count). The number of nitrogens with zero attached hydrogens (tertiary/aromatic N) is 3. The fraction of sp³-hybridized carbons (Fsp3) is 0.417. The molecule has 0 radical (unpaired) electrons. The predicted molar refractivity (Wildman–Crippen MR) is 124 cm³/mol. The van der Waals surface area contributed by atoms with Crippen molar-refractivity contribution in [3.8, 4) is 0 Å². The molecule has 3 aromatic rings. The minimum absolute atomic E-state index is 0.112. The van der Waals surface area contributed by atoms with Crippen LogP contribution in [0.5, 0.6) is 0 Å². The van der Waals surface area contributed by atoms with Crippen molar-refractivity contribution >= 4 is 32.6 Å². The average molecular weight is 410 g/mol. The van der Waals surface area contributed by atoms with Gasteiger partial charge in [0, 0.05) is 13.1 Å². The lowest BCUT2D eigenvalue weighted by Gasteiger charge is -2.25. The first-order valence-corrected chi connectivity index (χ1v) is 11.2. The fourth-order valence-electron chi connectivity index (χ4n) is 3.60. The molecular formula is C24H31N3OS. The van der Waals surface area contributed by atoms with Gasteiger partial charge >= 0.3 is 0 Å². The summed E-state index contributed by atoms with van der Waals surface area (Å²) in [6, 6.07) is 12.5. The van der Waals surface area contributed by atoms with Crippen molar-refractivity contribution in [1.29, 1.82) is 0 Å². The molecule has 1 amide bonds. The third kappa shape index (κ3) is 5.03. The molecule has 0 aliphatic rings. The van der Waals surface area contributed by atoms with Crippen LogP contribution in [-0.2, 0) is 11.2 Å². The number of aryl methyl sites for hydroxylation is 3. The monoisotopic (exact) mass is 409 g/mol. The van der Waals surface area contributed by atoms with Gasteiger partial charge in [-0.05, 0) is 56.6 Å². The predicted octanol–water partition coefficient (Wildman–Crippen LogP) is 5.14. The smallest absolute Gasteiger partial charge is 0.233 e. The van der Waals surface area contributed by atoms with Crippen LogP contribution in [0.25, 0.3) is 10.2 Å². The highest BCUT2D eigenvalue weighted by Crippen LogP contribution is 2.31. The highest BCUT2D eigenvalue weighted by molar-refractivity contribution is 7.22. The average Bonchev–Trinajstić information content (AvgIpc) is 3.12. The van der Waals surface area contributed by atoms with Crippen molar-refractivity contribution in [2.45, 2.75) is 41.0 Å². The number of rotatable bonds is 8. The molecule has 154 valence electrons. The van der Waals surface area contributed by atoms with Gasteiger partial charge in [0.1, 0.15) is 0 Å². The van der Waals surface area contributed by atoms with Crippen LogP contribution in [0, 0.1) is 20.8 Å². The van der Waals surface area contributed by atoms with E-state index in [1.54, 1.807) is 11.3 Å². The minimum atomic E-state index is 0.112. The molecular weight excluding hydrogens is 378 g/mol. The molecule has 0 aliphatic carbocycles. The Morgan fingerprint density at radius 2 is 1.76 bits per heavy atom. The molecule has 2 aromatic carbocycles. The Morgan fingerprint density at radius 3 is 2.41 bits per heavy atom. The molecule has 0 unspecified atom stereocenters. The summed E-state index contributed by atoms with van der Waals surface area (Å²) in [5.41, 5.74) is 5.63. The summed E-state index contributed by atoms with van der Waals surface area (Å²) in [6.07, 6.45) is 0.402. The van der Waals surface area contributed by atoms with E-state index >= 15 is 0 Å². The second kappa shape index (κ2) is 9.51. The summed E-state index contributed by atoms with van der Waals surface area (Å²) in [5.74, 6) is 0.112. The number of anilines is 1. The first-order valence-electron chi connectivity index (χ1n) is 10.4. The Labute approximate surface area is 178 Å². The maximum Gasteiger partial charge on any atom is 0.233 e. The molecule has 29 heavy (non-hydrogen) atoms. The van der Waals surface area contributed by atoms with Gasteiger partial charge in [0.15, 0.2) is 5.13 Å². The molecule has 0 aliphatic heterocycles. The first kappa shape index (κ1) is 21.5. The van der Waals surface area contributed by atoms with Gasteiger partial charge in [-0.25, -0.2) is 4.98 Å². The summed E-state index contributed by atoms with van der Waals surface area (Å²) in [5, 5.41) is 0.802. The quantitative estimate of drug-likeness (QED) is 0.517. The maximum atomic E-state index is 13.4. The minimum Gasteiger partial charge on any atom is -0.302 e. The van der Waals surface area contributed by atoms with Gasteiger partial charge in [-0.3, -0.25) is 9.69 Å². The third-order valence-corrected chi connectivity index (χ3v) is 6.56. The number of benzene rings is 2. The van der Waals surface area contributed by atoms with Gasteiger partial charge in [0.2, 0.25) is 5.91 Å². The number of carbonyl (C=O) groups is 1. The summed E-state index contributed by atoms with van der Waals surface area (Å²) in [4.78, 5) is 22.5. The van der Waals surface area contributed by atoms with Gasteiger partial charge in [-0.1, -0.05) is 61.1 Å². The second-order valence-corrected chi connectivity index (χ2v) is 8.61. The van der Waals surface area contributed by atoms with E-state index in [0.29, 0.717) is 13.0 Å². The van der Waals surface area contributed by atoms with Crippen LogP contribution in [0.15, 0.2) is 36.4 Å². The number of hydrogen-bond donors (Lipinski definition) is 0. The van der Waals surface area contributed by atoms with E-state index in [4.69, 9.17) is 4.98 Å². The number of fused-ring (bicyclic) bond motifs is 1. The molecule has 0 bridgehead atoms. The SMILES string of the molecule is CCN(CC)CCN(C(=O)Cc1ccc(C)cc1C)c1nc2c(C)cccc2s1. The molecule has 5 heteroatoms. The Balaban J connectivity index is 1.90. The highest BCUT2D eigenvalue weighted by atomic mass is 32.1. The van der Waals surface area contributed by atoms with E-state index in [1.807, 2.05) is 4.90 Å². The normalized spacial score (nSPS) is 11.4. The summed E-state index contributed by atoms with van der Waals surface area (Å²) >= 11 is 1.61. The van der Waals surface area contributed by atoms with Crippen LogP contribution in [0.3, 0.4) is 0 Å². The van der Waals surface area contributed by atoms with E-state index in [9.17, 15) is 4.79 Å². The number of carbonyl (C=O) groups excluding carboxylic acids is 1. The third-order valence-electron chi connectivity index (χ3n) is 5.52. The molecule has 1 heterocycles. The largest absolute Gasteiger partial charge is 0.302 e. The van der Waals surface area contributed by atoms with Crippen molar-refractivity contribution in [2.24, 2.45) is 0 Å². The molecule has 0 fully saturated rings. The van der Waals surface area contributed by atoms with Gasteiger partial charge < -0.3 is 4.90 Å². The van der Waals surface area contributed by atoms with Gasteiger partial charge in [0.25, 0.3) is 0 Å². The van der Waals surface area contributed by atoms with E-state index in [2.05, 4.69) is 75.9 Å². The standard InChI is InChI=1S/C24H31N3OS/c1-6-26(7-2)13-14-27(22(28)16-20-12-11-17(3)15-19(20)5)24-25-23-18(4)9-8-10-21(23)29-24/h8-12,15H,6-7,13-14,16H2,1-5H3.